The number of anilines is 1. The minimum Gasteiger partial charge on any atom is -0.368 e. The SMILES string of the molecule is CCCNc1ncnc2c1nc(-c1ccc(C(=O)N3CCN(C)CC3)cc1)n2C(C)C. The maximum atomic E-state index is 12.9. The maximum absolute atomic E-state index is 12.9. The third-order valence-electron chi connectivity index (χ3n) is 5.72. The number of likely N-dealkylation sites (N-methyl/N-ethyl adjacent to an activating group) is 1. The Morgan fingerprint density at radius 3 is 2.45 bits per heavy atom. The van der Waals surface area contributed by atoms with Gasteiger partial charge in [0.1, 0.15) is 12.2 Å². The van der Waals surface area contributed by atoms with E-state index < -0.39 is 0 Å². The first-order chi connectivity index (χ1) is 15.0. The summed E-state index contributed by atoms with van der Waals surface area (Å²) in [6.07, 6.45) is 2.59. The predicted octanol–water partition coefficient (Wildman–Crippen LogP) is 3.28. The third kappa shape index (κ3) is 4.25. The Hall–Kier alpha value is -3.00. The standard InChI is InChI=1S/C23H31N7O/c1-5-10-24-20-19-22(26-15-25-20)30(16(2)3)21(27-19)17-6-8-18(9-7-17)23(31)29-13-11-28(4)12-14-29/h6-9,15-16H,5,10-14H2,1-4H3,(H,24,25,26). The van der Waals surface area contributed by atoms with Crippen LogP contribution in [0.3, 0.4) is 0 Å². The van der Waals surface area contributed by atoms with Gasteiger partial charge in [-0.05, 0) is 39.4 Å². The van der Waals surface area contributed by atoms with Crippen LogP contribution in [0.15, 0.2) is 30.6 Å². The van der Waals surface area contributed by atoms with E-state index in [2.05, 4.69) is 52.6 Å². The van der Waals surface area contributed by atoms with Gasteiger partial charge in [-0.1, -0.05) is 19.1 Å². The van der Waals surface area contributed by atoms with Gasteiger partial charge in [-0.2, -0.15) is 0 Å². The van der Waals surface area contributed by atoms with Gasteiger partial charge in [0.25, 0.3) is 5.91 Å². The second-order valence-electron chi connectivity index (χ2n) is 8.39. The average molecular weight is 422 g/mol. The van der Waals surface area contributed by atoms with Crippen LogP contribution in [0.4, 0.5) is 5.82 Å². The number of carbonyl (C=O) groups excluding carboxylic acids is 1. The Bertz CT molecular complexity index is 1050. The van der Waals surface area contributed by atoms with E-state index in [0.717, 1.165) is 67.5 Å². The van der Waals surface area contributed by atoms with Gasteiger partial charge in [0.2, 0.25) is 0 Å². The first-order valence-electron chi connectivity index (χ1n) is 11.0. The number of benzene rings is 1. The largest absolute Gasteiger partial charge is 0.368 e. The molecule has 3 aromatic rings. The van der Waals surface area contributed by atoms with E-state index in [0.29, 0.717) is 5.56 Å². The molecule has 1 fully saturated rings. The molecule has 2 aromatic heterocycles. The normalized spacial score (nSPS) is 15.1. The van der Waals surface area contributed by atoms with Crippen molar-refractivity contribution in [2.24, 2.45) is 0 Å². The summed E-state index contributed by atoms with van der Waals surface area (Å²) in [6.45, 7) is 10.6. The Morgan fingerprint density at radius 1 is 1.10 bits per heavy atom. The summed E-state index contributed by atoms with van der Waals surface area (Å²) < 4.78 is 2.13. The second-order valence-corrected chi connectivity index (χ2v) is 8.39. The molecule has 1 saturated heterocycles. The molecule has 4 rings (SSSR count). The van der Waals surface area contributed by atoms with Crippen LogP contribution in [0, 0.1) is 0 Å². The fourth-order valence-electron chi connectivity index (χ4n) is 3.93. The summed E-state index contributed by atoms with van der Waals surface area (Å²) in [5.41, 5.74) is 3.27. The number of imidazole rings is 1. The lowest BCUT2D eigenvalue weighted by atomic mass is 10.1. The van der Waals surface area contributed by atoms with Crippen LogP contribution in [0.5, 0.6) is 0 Å². The third-order valence-corrected chi connectivity index (χ3v) is 5.72. The molecule has 0 spiro atoms. The van der Waals surface area contributed by atoms with Crippen LogP contribution in [-0.4, -0.2) is 75.0 Å². The molecule has 0 atom stereocenters. The highest BCUT2D eigenvalue weighted by Crippen LogP contribution is 2.30. The van der Waals surface area contributed by atoms with Gasteiger partial charge in [-0.15, -0.1) is 0 Å². The molecule has 8 nitrogen and oxygen atoms in total. The van der Waals surface area contributed by atoms with E-state index >= 15 is 0 Å². The minimum atomic E-state index is 0.0916. The molecule has 0 unspecified atom stereocenters. The van der Waals surface area contributed by atoms with Crippen LogP contribution >= 0.6 is 0 Å². The van der Waals surface area contributed by atoms with Gasteiger partial charge in [0.05, 0.1) is 0 Å². The molecule has 8 heteroatoms. The number of hydrogen-bond donors (Lipinski definition) is 1. The van der Waals surface area contributed by atoms with Crippen LogP contribution in [0.25, 0.3) is 22.6 Å². The van der Waals surface area contributed by atoms with Crippen molar-refractivity contribution >= 4 is 22.9 Å². The van der Waals surface area contributed by atoms with Crippen molar-refractivity contribution in [1.82, 2.24) is 29.3 Å². The summed E-state index contributed by atoms with van der Waals surface area (Å²) in [4.78, 5) is 30.9. The molecule has 31 heavy (non-hydrogen) atoms. The van der Waals surface area contributed by atoms with Crippen molar-refractivity contribution in [3.63, 3.8) is 0 Å². The fraction of sp³-hybridized carbons (Fsp3) is 0.478. The number of carbonyl (C=O) groups is 1. The van der Waals surface area contributed by atoms with Gasteiger partial charge >= 0.3 is 0 Å². The smallest absolute Gasteiger partial charge is 0.253 e. The van der Waals surface area contributed by atoms with Gasteiger partial charge in [0, 0.05) is 49.9 Å². The highest BCUT2D eigenvalue weighted by molar-refractivity contribution is 5.95. The molecule has 1 amide bonds. The van der Waals surface area contributed by atoms with E-state index in [1.807, 2.05) is 29.2 Å². The second kappa shape index (κ2) is 9.01. The number of aromatic nitrogens is 4. The number of amides is 1. The van der Waals surface area contributed by atoms with Gasteiger partial charge in [-0.25, -0.2) is 15.0 Å². The summed E-state index contributed by atoms with van der Waals surface area (Å²) in [5, 5.41) is 3.35. The lowest BCUT2D eigenvalue weighted by molar-refractivity contribution is 0.0664. The summed E-state index contributed by atoms with van der Waals surface area (Å²) >= 11 is 0. The zero-order valence-electron chi connectivity index (χ0n) is 18.8. The maximum Gasteiger partial charge on any atom is 0.253 e. The van der Waals surface area contributed by atoms with E-state index in [-0.39, 0.29) is 11.9 Å². The minimum absolute atomic E-state index is 0.0916. The number of fused-ring (bicyclic) bond motifs is 1. The van der Waals surface area contributed by atoms with Crippen molar-refractivity contribution in [2.45, 2.75) is 33.2 Å². The molecule has 1 N–H and O–H groups in total. The monoisotopic (exact) mass is 421 g/mol. The molecule has 1 aromatic carbocycles. The summed E-state index contributed by atoms with van der Waals surface area (Å²) in [5.74, 6) is 1.69. The first kappa shape index (κ1) is 21.2. The Kier molecular flexibility index (Phi) is 6.18. The van der Waals surface area contributed by atoms with Gasteiger partial charge in [-0.3, -0.25) is 4.79 Å². The summed E-state index contributed by atoms with van der Waals surface area (Å²) in [6, 6.07) is 7.95. The number of nitrogens with zero attached hydrogens (tertiary/aromatic N) is 6. The van der Waals surface area contributed by atoms with Crippen molar-refractivity contribution in [3.05, 3.63) is 36.2 Å². The molecular weight excluding hydrogens is 390 g/mol. The number of rotatable bonds is 6. The Labute approximate surface area is 183 Å². The lowest BCUT2D eigenvalue weighted by Crippen LogP contribution is -2.47. The number of nitrogens with one attached hydrogen (secondary N) is 1. The highest BCUT2D eigenvalue weighted by atomic mass is 16.2. The molecule has 1 aliphatic heterocycles. The van der Waals surface area contributed by atoms with E-state index in [4.69, 9.17) is 4.98 Å². The molecule has 1 aliphatic rings. The first-order valence-corrected chi connectivity index (χ1v) is 11.0. The van der Waals surface area contributed by atoms with Crippen molar-refractivity contribution < 1.29 is 4.79 Å². The number of hydrogen-bond acceptors (Lipinski definition) is 6. The van der Waals surface area contributed by atoms with Gasteiger partial charge in [0.15, 0.2) is 17.0 Å². The molecule has 0 saturated carbocycles. The van der Waals surface area contributed by atoms with Crippen LogP contribution in [0.1, 0.15) is 43.6 Å². The van der Waals surface area contributed by atoms with Crippen LogP contribution in [0.2, 0.25) is 0 Å². The van der Waals surface area contributed by atoms with Crippen LogP contribution < -0.4 is 5.32 Å². The molecule has 0 aliphatic carbocycles. The van der Waals surface area contributed by atoms with Crippen molar-refractivity contribution in [1.29, 1.82) is 0 Å². The Balaban J connectivity index is 1.66. The average Bonchev–Trinajstić information content (AvgIpc) is 3.18. The quantitative estimate of drug-likeness (QED) is 0.658. The zero-order valence-corrected chi connectivity index (χ0v) is 18.8. The van der Waals surface area contributed by atoms with E-state index in [1.165, 1.54) is 0 Å². The molecular formula is C23H31N7O. The predicted molar refractivity (Wildman–Crippen MR) is 123 cm³/mol. The van der Waals surface area contributed by atoms with Gasteiger partial charge < -0.3 is 19.7 Å². The zero-order chi connectivity index (χ0) is 22.0. The number of piperazine rings is 1. The molecule has 164 valence electrons. The lowest BCUT2D eigenvalue weighted by Gasteiger charge is -2.32. The van der Waals surface area contributed by atoms with E-state index in [9.17, 15) is 4.79 Å². The molecule has 0 bridgehead atoms. The molecule has 0 radical (unpaired) electrons. The van der Waals surface area contributed by atoms with Crippen molar-refractivity contribution in [2.75, 3.05) is 45.1 Å². The Morgan fingerprint density at radius 2 is 1.81 bits per heavy atom. The topological polar surface area (TPSA) is 79.2 Å². The van der Waals surface area contributed by atoms with E-state index in [1.54, 1.807) is 6.33 Å². The van der Waals surface area contributed by atoms with Crippen LogP contribution in [-0.2, 0) is 0 Å². The van der Waals surface area contributed by atoms with Crippen molar-refractivity contribution in [3.8, 4) is 11.4 Å². The highest BCUT2D eigenvalue weighted by Gasteiger charge is 2.22. The summed E-state index contributed by atoms with van der Waals surface area (Å²) in [7, 11) is 2.09. The fourth-order valence-corrected chi connectivity index (χ4v) is 3.93. The molecule has 3 heterocycles.